The third-order valence-corrected chi connectivity index (χ3v) is 3.60. The highest BCUT2D eigenvalue weighted by atomic mass is 35.5. The number of carbonyl (C=O) groups excluding carboxylic acids is 1. The van der Waals surface area contributed by atoms with E-state index in [1.165, 1.54) is 18.2 Å². The Bertz CT molecular complexity index is 639. The van der Waals surface area contributed by atoms with Crippen molar-refractivity contribution in [3.05, 3.63) is 69.0 Å². The maximum absolute atomic E-state index is 13.7. The fraction of sp³-hybridized carbons (Fsp3) is 0.188. The van der Waals surface area contributed by atoms with E-state index in [0.29, 0.717) is 10.6 Å². The molecule has 2 aromatic rings. The molecule has 98 valence electrons. The number of benzene rings is 2. The monoisotopic (exact) mass is 276 g/mol. The van der Waals surface area contributed by atoms with E-state index in [1.807, 2.05) is 20.8 Å². The van der Waals surface area contributed by atoms with E-state index < -0.39 is 5.82 Å². The lowest BCUT2D eigenvalue weighted by Crippen LogP contribution is -2.06. The van der Waals surface area contributed by atoms with Crippen molar-refractivity contribution in [1.29, 1.82) is 0 Å². The predicted octanol–water partition coefficient (Wildman–Crippen LogP) is 4.64. The van der Waals surface area contributed by atoms with Crippen molar-refractivity contribution < 1.29 is 9.18 Å². The van der Waals surface area contributed by atoms with Gasteiger partial charge in [0.05, 0.1) is 5.56 Å². The molecule has 0 bridgehead atoms. The molecular formula is C16H14ClFO. The minimum Gasteiger partial charge on any atom is -0.288 e. The van der Waals surface area contributed by atoms with Gasteiger partial charge in [-0.05, 0) is 67.8 Å². The van der Waals surface area contributed by atoms with Gasteiger partial charge in [0.1, 0.15) is 5.82 Å². The summed E-state index contributed by atoms with van der Waals surface area (Å²) < 4.78 is 13.7. The molecule has 0 saturated carbocycles. The Labute approximate surface area is 117 Å². The zero-order valence-corrected chi connectivity index (χ0v) is 11.8. The minimum atomic E-state index is -0.551. The van der Waals surface area contributed by atoms with Gasteiger partial charge in [-0.15, -0.1) is 0 Å². The molecule has 1 nitrogen and oxygen atoms in total. The van der Waals surface area contributed by atoms with Gasteiger partial charge in [-0.2, -0.15) is 0 Å². The second-order valence-corrected chi connectivity index (χ2v) is 5.12. The van der Waals surface area contributed by atoms with Crippen LogP contribution in [0.3, 0.4) is 0 Å². The van der Waals surface area contributed by atoms with Gasteiger partial charge in [0.15, 0.2) is 5.78 Å². The van der Waals surface area contributed by atoms with Gasteiger partial charge in [-0.3, -0.25) is 4.79 Å². The van der Waals surface area contributed by atoms with E-state index in [2.05, 4.69) is 0 Å². The van der Waals surface area contributed by atoms with Gasteiger partial charge >= 0.3 is 0 Å². The average molecular weight is 277 g/mol. The predicted molar refractivity (Wildman–Crippen MR) is 75.5 cm³/mol. The first kappa shape index (κ1) is 13.8. The van der Waals surface area contributed by atoms with Crippen molar-refractivity contribution in [2.24, 2.45) is 0 Å². The maximum Gasteiger partial charge on any atom is 0.196 e. The van der Waals surface area contributed by atoms with Gasteiger partial charge < -0.3 is 0 Å². The Kier molecular flexibility index (Phi) is 3.72. The number of carbonyl (C=O) groups is 1. The third-order valence-electron chi connectivity index (χ3n) is 3.36. The SMILES string of the molecule is Cc1cc(C(=O)c2cc(Cl)ccc2F)cc(C)c1C. The lowest BCUT2D eigenvalue weighted by atomic mass is 9.95. The lowest BCUT2D eigenvalue weighted by molar-refractivity contribution is 0.103. The smallest absolute Gasteiger partial charge is 0.196 e. The van der Waals surface area contributed by atoms with Crippen molar-refractivity contribution in [3.8, 4) is 0 Å². The van der Waals surface area contributed by atoms with Gasteiger partial charge in [0.2, 0.25) is 0 Å². The number of aryl methyl sites for hydroxylation is 2. The standard InChI is InChI=1S/C16H14ClFO/c1-9-6-12(7-10(2)11(9)3)16(19)14-8-13(17)4-5-15(14)18/h4-8H,1-3H3. The van der Waals surface area contributed by atoms with Gasteiger partial charge in [-0.25, -0.2) is 4.39 Å². The molecule has 0 atom stereocenters. The van der Waals surface area contributed by atoms with E-state index in [0.717, 1.165) is 16.7 Å². The van der Waals surface area contributed by atoms with E-state index in [9.17, 15) is 9.18 Å². The number of hydrogen-bond acceptors (Lipinski definition) is 1. The van der Waals surface area contributed by atoms with Crippen LogP contribution in [0.5, 0.6) is 0 Å². The summed E-state index contributed by atoms with van der Waals surface area (Å²) in [5.41, 5.74) is 3.68. The Morgan fingerprint density at radius 2 is 1.63 bits per heavy atom. The quantitative estimate of drug-likeness (QED) is 0.731. The summed E-state index contributed by atoms with van der Waals surface area (Å²) in [6, 6.07) is 7.57. The molecule has 0 aromatic heterocycles. The van der Waals surface area contributed by atoms with Gasteiger partial charge in [0.25, 0.3) is 0 Å². The van der Waals surface area contributed by atoms with Gasteiger partial charge in [-0.1, -0.05) is 11.6 Å². The van der Waals surface area contributed by atoms with Crippen molar-refractivity contribution in [3.63, 3.8) is 0 Å². The highest BCUT2D eigenvalue weighted by molar-refractivity contribution is 6.31. The van der Waals surface area contributed by atoms with Crippen LogP contribution in [0.25, 0.3) is 0 Å². The van der Waals surface area contributed by atoms with Crippen LogP contribution in [0.1, 0.15) is 32.6 Å². The first-order valence-corrected chi connectivity index (χ1v) is 6.35. The molecule has 2 aromatic carbocycles. The highest BCUT2D eigenvalue weighted by Crippen LogP contribution is 2.21. The Balaban J connectivity index is 2.53. The van der Waals surface area contributed by atoms with Crippen LogP contribution < -0.4 is 0 Å². The van der Waals surface area contributed by atoms with Crippen LogP contribution in [0, 0.1) is 26.6 Å². The molecule has 0 fully saturated rings. The van der Waals surface area contributed by atoms with Crippen molar-refractivity contribution in [1.82, 2.24) is 0 Å². The second-order valence-electron chi connectivity index (χ2n) is 4.69. The Morgan fingerprint density at radius 3 is 2.21 bits per heavy atom. The summed E-state index contributed by atoms with van der Waals surface area (Å²) in [6.45, 7) is 5.87. The molecule has 0 radical (unpaired) electrons. The number of rotatable bonds is 2. The summed E-state index contributed by atoms with van der Waals surface area (Å²) >= 11 is 5.82. The molecule has 2 rings (SSSR count). The maximum atomic E-state index is 13.7. The molecular weight excluding hydrogens is 263 g/mol. The first-order chi connectivity index (χ1) is 8.90. The second kappa shape index (κ2) is 5.14. The van der Waals surface area contributed by atoms with Crippen LogP contribution in [-0.2, 0) is 0 Å². The van der Waals surface area contributed by atoms with E-state index in [1.54, 1.807) is 12.1 Å². The van der Waals surface area contributed by atoms with Gasteiger partial charge in [0, 0.05) is 10.6 Å². The molecule has 0 spiro atoms. The van der Waals surface area contributed by atoms with E-state index in [4.69, 9.17) is 11.6 Å². The van der Waals surface area contributed by atoms with Crippen LogP contribution in [0.15, 0.2) is 30.3 Å². The van der Waals surface area contributed by atoms with E-state index >= 15 is 0 Å². The van der Waals surface area contributed by atoms with E-state index in [-0.39, 0.29) is 11.3 Å². The summed E-state index contributed by atoms with van der Waals surface area (Å²) in [6.07, 6.45) is 0. The molecule has 0 N–H and O–H groups in total. The van der Waals surface area contributed by atoms with Crippen LogP contribution >= 0.6 is 11.6 Å². The van der Waals surface area contributed by atoms with Crippen LogP contribution in [-0.4, -0.2) is 5.78 Å². The Morgan fingerprint density at radius 1 is 1.05 bits per heavy atom. The molecule has 0 unspecified atom stereocenters. The normalized spacial score (nSPS) is 10.6. The largest absolute Gasteiger partial charge is 0.288 e. The fourth-order valence-corrected chi connectivity index (χ4v) is 2.17. The number of hydrogen-bond donors (Lipinski definition) is 0. The average Bonchev–Trinajstić information content (AvgIpc) is 2.37. The topological polar surface area (TPSA) is 17.1 Å². The van der Waals surface area contributed by atoms with Crippen molar-refractivity contribution in [2.75, 3.05) is 0 Å². The molecule has 0 heterocycles. The summed E-state index contributed by atoms with van der Waals surface area (Å²) in [5.74, 6) is -0.892. The highest BCUT2D eigenvalue weighted by Gasteiger charge is 2.16. The lowest BCUT2D eigenvalue weighted by Gasteiger charge is -2.09. The molecule has 0 aliphatic rings. The molecule has 0 aliphatic carbocycles. The number of ketones is 1. The first-order valence-electron chi connectivity index (χ1n) is 5.97. The molecule has 19 heavy (non-hydrogen) atoms. The molecule has 3 heteroatoms. The van der Waals surface area contributed by atoms with Crippen molar-refractivity contribution >= 4 is 17.4 Å². The fourth-order valence-electron chi connectivity index (χ4n) is 1.99. The Hall–Kier alpha value is -1.67. The molecule has 0 saturated heterocycles. The zero-order chi connectivity index (χ0) is 14.2. The van der Waals surface area contributed by atoms with Crippen LogP contribution in [0.2, 0.25) is 5.02 Å². The summed E-state index contributed by atoms with van der Waals surface area (Å²) in [7, 11) is 0. The minimum absolute atomic E-state index is 0.00940. The zero-order valence-electron chi connectivity index (χ0n) is 11.1. The summed E-state index contributed by atoms with van der Waals surface area (Å²) in [4.78, 5) is 12.3. The van der Waals surface area contributed by atoms with Crippen molar-refractivity contribution in [2.45, 2.75) is 20.8 Å². The van der Waals surface area contributed by atoms with Crippen LogP contribution in [0.4, 0.5) is 4.39 Å². The molecule has 0 amide bonds. The summed E-state index contributed by atoms with van der Waals surface area (Å²) in [5, 5.41) is 0.352. The molecule has 0 aliphatic heterocycles. The third kappa shape index (κ3) is 2.69. The number of halogens is 2.